The zero-order valence-electron chi connectivity index (χ0n) is 10.2. The number of aliphatic hydroxyl groups is 1. The molecule has 100 valence electrons. The molecule has 0 saturated carbocycles. The summed E-state index contributed by atoms with van der Waals surface area (Å²) in [5.74, 6) is -0.319. The molecule has 0 aliphatic rings. The molecule has 7 heteroatoms. The summed E-state index contributed by atoms with van der Waals surface area (Å²) < 4.78 is 6.13. The summed E-state index contributed by atoms with van der Waals surface area (Å²) in [4.78, 5) is 26.5. The second-order valence-electron chi connectivity index (χ2n) is 3.76. The van der Waals surface area contributed by atoms with E-state index in [1.54, 1.807) is 6.07 Å². The van der Waals surface area contributed by atoms with Gasteiger partial charge in [-0.05, 0) is 12.5 Å². The van der Waals surface area contributed by atoms with Crippen molar-refractivity contribution in [1.29, 1.82) is 0 Å². The minimum absolute atomic E-state index is 0.0405. The molecule has 0 aliphatic carbocycles. The highest BCUT2D eigenvalue weighted by Crippen LogP contribution is 1.92. The van der Waals surface area contributed by atoms with Gasteiger partial charge in [0.05, 0.1) is 12.6 Å². The first kappa shape index (κ1) is 14.3. The Hall–Kier alpha value is -1.73. The number of hydrogen-bond acceptors (Lipinski definition) is 5. The number of amides is 1. The number of ether oxygens (including phenoxy) is 1. The molecular formula is C11H17N3O4. The molecule has 1 heterocycles. The largest absolute Gasteiger partial charge is 0.396 e. The van der Waals surface area contributed by atoms with E-state index in [9.17, 15) is 9.59 Å². The summed E-state index contributed by atoms with van der Waals surface area (Å²) in [6.07, 6.45) is 3.27. The quantitative estimate of drug-likeness (QED) is 0.635. The standard InChI is InChI=1S/C11H17N3O4/c1-18-8-9(3-6-15)13-10(16)7-14-5-2-4-12-11(14)17/h2,4-5,9,15H,3,6-8H2,1H3,(H,13,16). The molecule has 0 radical (unpaired) electrons. The zero-order chi connectivity index (χ0) is 13.4. The van der Waals surface area contributed by atoms with Crippen molar-refractivity contribution in [3.05, 3.63) is 28.9 Å². The van der Waals surface area contributed by atoms with Gasteiger partial charge in [-0.1, -0.05) is 0 Å². The summed E-state index contributed by atoms with van der Waals surface area (Å²) in [5.41, 5.74) is -0.474. The first-order valence-corrected chi connectivity index (χ1v) is 5.58. The molecule has 1 aromatic heterocycles. The highest BCUT2D eigenvalue weighted by molar-refractivity contribution is 5.76. The minimum Gasteiger partial charge on any atom is -0.396 e. The molecule has 1 amide bonds. The summed E-state index contributed by atoms with van der Waals surface area (Å²) in [7, 11) is 1.52. The number of aliphatic hydroxyl groups excluding tert-OH is 1. The molecular weight excluding hydrogens is 238 g/mol. The third kappa shape index (κ3) is 4.64. The number of nitrogens with zero attached hydrogens (tertiary/aromatic N) is 2. The maximum atomic E-state index is 11.7. The Morgan fingerprint density at radius 3 is 3.06 bits per heavy atom. The van der Waals surface area contributed by atoms with E-state index in [1.807, 2.05) is 0 Å². The van der Waals surface area contributed by atoms with Crippen molar-refractivity contribution in [2.24, 2.45) is 0 Å². The van der Waals surface area contributed by atoms with Crippen molar-refractivity contribution in [2.75, 3.05) is 20.3 Å². The predicted octanol–water partition coefficient (Wildman–Crippen LogP) is -1.24. The van der Waals surface area contributed by atoms with Gasteiger partial charge in [0.2, 0.25) is 5.91 Å². The smallest absolute Gasteiger partial charge is 0.347 e. The van der Waals surface area contributed by atoms with Crippen molar-refractivity contribution in [2.45, 2.75) is 19.0 Å². The Kier molecular flexibility index (Phi) is 6.03. The lowest BCUT2D eigenvalue weighted by atomic mass is 10.2. The van der Waals surface area contributed by atoms with E-state index in [2.05, 4.69) is 10.3 Å². The van der Waals surface area contributed by atoms with Gasteiger partial charge in [0.1, 0.15) is 6.54 Å². The topological polar surface area (TPSA) is 93.4 Å². The highest BCUT2D eigenvalue weighted by Gasteiger charge is 2.12. The van der Waals surface area contributed by atoms with Gasteiger partial charge in [0.15, 0.2) is 0 Å². The lowest BCUT2D eigenvalue weighted by molar-refractivity contribution is -0.122. The molecule has 0 spiro atoms. The van der Waals surface area contributed by atoms with Crippen LogP contribution in [0.5, 0.6) is 0 Å². The Morgan fingerprint density at radius 1 is 1.67 bits per heavy atom. The monoisotopic (exact) mass is 255 g/mol. The van der Waals surface area contributed by atoms with Crippen LogP contribution in [0.2, 0.25) is 0 Å². The second-order valence-corrected chi connectivity index (χ2v) is 3.76. The average Bonchev–Trinajstić information content (AvgIpc) is 2.33. The predicted molar refractivity (Wildman–Crippen MR) is 64.0 cm³/mol. The van der Waals surface area contributed by atoms with Gasteiger partial charge < -0.3 is 15.2 Å². The summed E-state index contributed by atoms with van der Waals surface area (Å²) in [6, 6.07) is 1.31. The van der Waals surface area contributed by atoms with Crippen LogP contribution in [0.4, 0.5) is 0 Å². The van der Waals surface area contributed by atoms with E-state index < -0.39 is 5.69 Å². The maximum Gasteiger partial charge on any atom is 0.347 e. The third-order valence-electron chi connectivity index (χ3n) is 2.31. The van der Waals surface area contributed by atoms with Crippen molar-refractivity contribution in [1.82, 2.24) is 14.9 Å². The SMILES string of the molecule is COCC(CCO)NC(=O)Cn1cccnc1=O. The van der Waals surface area contributed by atoms with Crippen LogP contribution in [-0.2, 0) is 16.1 Å². The average molecular weight is 255 g/mol. The van der Waals surface area contributed by atoms with Crippen molar-refractivity contribution in [3.63, 3.8) is 0 Å². The number of carbonyl (C=O) groups excluding carboxylic acids is 1. The minimum atomic E-state index is -0.474. The van der Waals surface area contributed by atoms with Crippen LogP contribution in [-0.4, -0.2) is 46.9 Å². The van der Waals surface area contributed by atoms with Crippen LogP contribution in [0.25, 0.3) is 0 Å². The van der Waals surface area contributed by atoms with Gasteiger partial charge in [-0.3, -0.25) is 9.36 Å². The fraction of sp³-hybridized carbons (Fsp3) is 0.545. The molecule has 1 rings (SSSR count). The van der Waals surface area contributed by atoms with E-state index in [0.29, 0.717) is 13.0 Å². The van der Waals surface area contributed by atoms with Crippen LogP contribution < -0.4 is 11.0 Å². The number of methoxy groups -OCH3 is 1. The van der Waals surface area contributed by atoms with Crippen LogP contribution >= 0.6 is 0 Å². The van der Waals surface area contributed by atoms with E-state index in [4.69, 9.17) is 9.84 Å². The van der Waals surface area contributed by atoms with Gasteiger partial charge >= 0.3 is 5.69 Å². The van der Waals surface area contributed by atoms with Gasteiger partial charge in [-0.2, -0.15) is 0 Å². The molecule has 1 aromatic rings. The van der Waals surface area contributed by atoms with Gasteiger partial charge in [0.25, 0.3) is 0 Å². The number of nitrogens with one attached hydrogen (secondary N) is 1. The Bertz CT molecular complexity index is 426. The van der Waals surface area contributed by atoms with Crippen LogP contribution in [0.15, 0.2) is 23.3 Å². The fourth-order valence-corrected chi connectivity index (χ4v) is 1.49. The lowest BCUT2D eigenvalue weighted by Gasteiger charge is -2.16. The van der Waals surface area contributed by atoms with Crippen LogP contribution in [0.3, 0.4) is 0 Å². The van der Waals surface area contributed by atoms with E-state index in [0.717, 1.165) is 0 Å². The summed E-state index contributed by atoms with van der Waals surface area (Å²) in [6.45, 7) is 0.174. The van der Waals surface area contributed by atoms with E-state index >= 15 is 0 Å². The zero-order valence-corrected chi connectivity index (χ0v) is 10.2. The molecule has 0 saturated heterocycles. The van der Waals surface area contributed by atoms with Crippen LogP contribution in [0.1, 0.15) is 6.42 Å². The highest BCUT2D eigenvalue weighted by atomic mass is 16.5. The number of hydrogen-bond donors (Lipinski definition) is 2. The molecule has 0 fully saturated rings. The molecule has 0 aliphatic heterocycles. The van der Waals surface area contributed by atoms with E-state index in [-0.39, 0.29) is 25.1 Å². The van der Waals surface area contributed by atoms with Crippen molar-refractivity contribution < 1.29 is 14.6 Å². The molecule has 1 atom stereocenters. The van der Waals surface area contributed by atoms with Crippen molar-refractivity contribution >= 4 is 5.91 Å². The molecule has 18 heavy (non-hydrogen) atoms. The number of rotatable bonds is 7. The van der Waals surface area contributed by atoms with Gasteiger partial charge in [0, 0.05) is 26.1 Å². The Balaban J connectivity index is 2.55. The second kappa shape index (κ2) is 7.57. The molecule has 0 bridgehead atoms. The Labute approximate surface area is 104 Å². The fourth-order valence-electron chi connectivity index (χ4n) is 1.49. The first-order chi connectivity index (χ1) is 8.67. The molecule has 1 unspecified atom stereocenters. The van der Waals surface area contributed by atoms with Crippen molar-refractivity contribution in [3.8, 4) is 0 Å². The molecule has 0 aromatic carbocycles. The first-order valence-electron chi connectivity index (χ1n) is 5.58. The molecule has 2 N–H and O–H groups in total. The third-order valence-corrected chi connectivity index (χ3v) is 2.31. The summed E-state index contributed by atoms with van der Waals surface area (Å²) >= 11 is 0. The lowest BCUT2D eigenvalue weighted by Crippen LogP contribution is -2.41. The normalized spacial score (nSPS) is 12.1. The van der Waals surface area contributed by atoms with E-state index in [1.165, 1.54) is 24.1 Å². The van der Waals surface area contributed by atoms with Crippen LogP contribution in [0, 0.1) is 0 Å². The summed E-state index contributed by atoms with van der Waals surface area (Å²) in [5, 5.41) is 11.5. The molecule has 7 nitrogen and oxygen atoms in total. The maximum absolute atomic E-state index is 11.7. The Morgan fingerprint density at radius 2 is 2.44 bits per heavy atom. The number of carbonyl (C=O) groups is 1. The van der Waals surface area contributed by atoms with Gasteiger partial charge in [-0.25, -0.2) is 9.78 Å². The number of aromatic nitrogens is 2. The van der Waals surface area contributed by atoms with Gasteiger partial charge in [-0.15, -0.1) is 0 Å².